The SMILES string of the molecule is CC1(C)NC(=O)N(Cc2ccc(NC(=O)c3cccc(Cn4cccn4)c3)cc2)C1=O. The predicted molar refractivity (Wildman–Crippen MR) is 115 cm³/mol. The third-order valence-electron chi connectivity index (χ3n) is 5.09. The average molecular weight is 417 g/mol. The number of nitrogens with one attached hydrogen (secondary N) is 2. The highest BCUT2D eigenvalue weighted by Crippen LogP contribution is 2.20. The van der Waals surface area contributed by atoms with Crippen molar-refractivity contribution in [2.45, 2.75) is 32.5 Å². The van der Waals surface area contributed by atoms with Gasteiger partial charge in [0, 0.05) is 23.6 Å². The van der Waals surface area contributed by atoms with Crippen LogP contribution in [0.3, 0.4) is 0 Å². The number of imide groups is 1. The Bertz CT molecular complexity index is 1120. The van der Waals surface area contributed by atoms with Crippen LogP contribution in [-0.4, -0.2) is 38.1 Å². The molecule has 0 radical (unpaired) electrons. The van der Waals surface area contributed by atoms with Gasteiger partial charge in [0.15, 0.2) is 0 Å². The van der Waals surface area contributed by atoms with Crippen molar-refractivity contribution in [3.8, 4) is 0 Å². The molecular formula is C23H23N5O3. The van der Waals surface area contributed by atoms with E-state index in [-0.39, 0.29) is 18.4 Å². The zero-order valence-corrected chi connectivity index (χ0v) is 17.3. The predicted octanol–water partition coefficient (Wildman–Crippen LogP) is 3.01. The number of rotatable bonds is 6. The molecule has 3 aromatic rings. The highest BCUT2D eigenvalue weighted by atomic mass is 16.2. The number of amides is 4. The minimum absolute atomic E-state index is 0.178. The maximum atomic E-state index is 12.7. The molecule has 0 atom stereocenters. The Labute approximate surface area is 179 Å². The molecule has 1 aromatic heterocycles. The van der Waals surface area contributed by atoms with E-state index in [4.69, 9.17) is 0 Å². The van der Waals surface area contributed by atoms with Crippen LogP contribution >= 0.6 is 0 Å². The van der Waals surface area contributed by atoms with E-state index in [1.54, 1.807) is 55.1 Å². The number of benzene rings is 2. The molecule has 1 aliphatic heterocycles. The molecule has 0 unspecified atom stereocenters. The lowest BCUT2D eigenvalue weighted by atomic mass is 10.1. The Morgan fingerprint density at radius 1 is 1.03 bits per heavy atom. The van der Waals surface area contributed by atoms with E-state index in [0.717, 1.165) is 11.1 Å². The molecule has 4 amide bonds. The molecule has 2 aromatic carbocycles. The first-order valence-corrected chi connectivity index (χ1v) is 9.92. The minimum atomic E-state index is -0.892. The van der Waals surface area contributed by atoms with Crippen LogP contribution in [0.2, 0.25) is 0 Å². The summed E-state index contributed by atoms with van der Waals surface area (Å²) in [6, 6.07) is 15.9. The summed E-state index contributed by atoms with van der Waals surface area (Å²) in [6.45, 7) is 4.12. The summed E-state index contributed by atoms with van der Waals surface area (Å²) < 4.78 is 1.79. The second-order valence-corrected chi connectivity index (χ2v) is 8.00. The van der Waals surface area contributed by atoms with Crippen molar-refractivity contribution in [2.24, 2.45) is 0 Å². The lowest BCUT2D eigenvalue weighted by Gasteiger charge is -2.16. The van der Waals surface area contributed by atoms with E-state index < -0.39 is 11.6 Å². The molecule has 1 fully saturated rings. The molecule has 1 aliphatic rings. The number of carbonyl (C=O) groups excluding carboxylic acids is 3. The molecular weight excluding hydrogens is 394 g/mol. The minimum Gasteiger partial charge on any atom is -0.324 e. The Hall–Kier alpha value is -3.94. The van der Waals surface area contributed by atoms with E-state index in [2.05, 4.69) is 15.7 Å². The molecule has 0 bridgehead atoms. The van der Waals surface area contributed by atoms with Gasteiger partial charge in [-0.25, -0.2) is 4.79 Å². The van der Waals surface area contributed by atoms with E-state index >= 15 is 0 Å². The third kappa shape index (κ3) is 4.48. The van der Waals surface area contributed by atoms with Gasteiger partial charge in [-0.1, -0.05) is 24.3 Å². The van der Waals surface area contributed by atoms with Crippen molar-refractivity contribution in [1.29, 1.82) is 0 Å². The summed E-state index contributed by atoms with van der Waals surface area (Å²) in [5.74, 6) is -0.476. The first-order valence-electron chi connectivity index (χ1n) is 9.92. The maximum absolute atomic E-state index is 12.7. The molecule has 8 heteroatoms. The molecule has 0 spiro atoms. The standard InChI is InChI=1S/C23H23N5O3/c1-23(2)21(30)28(22(31)26-23)15-16-7-9-19(10-8-16)25-20(29)18-6-3-5-17(13-18)14-27-12-4-11-24-27/h3-13H,14-15H2,1-2H3,(H,25,29)(H,26,31). The van der Waals surface area contributed by atoms with Gasteiger partial charge in [0.05, 0.1) is 13.1 Å². The van der Waals surface area contributed by atoms with Gasteiger partial charge in [-0.2, -0.15) is 5.10 Å². The van der Waals surface area contributed by atoms with Crippen LogP contribution < -0.4 is 10.6 Å². The van der Waals surface area contributed by atoms with Crippen LogP contribution in [0.5, 0.6) is 0 Å². The summed E-state index contributed by atoms with van der Waals surface area (Å²) in [5.41, 5.74) is 2.05. The fraction of sp³-hybridized carbons (Fsp3) is 0.217. The van der Waals surface area contributed by atoms with Gasteiger partial charge in [-0.3, -0.25) is 19.2 Å². The fourth-order valence-electron chi connectivity index (χ4n) is 3.43. The van der Waals surface area contributed by atoms with Crippen molar-refractivity contribution in [3.63, 3.8) is 0 Å². The Kier molecular flexibility index (Phi) is 5.29. The Balaban J connectivity index is 1.39. The zero-order chi connectivity index (χ0) is 22.0. The molecule has 0 aliphatic carbocycles. The van der Waals surface area contributed by atoms with Gasteiger partial charge in [-0.05, 0) is 55.3 Å². The van der Waals surface area contributed by atoms with Crippen LogP contribution in [0, 0.1) is 0 Å². The number of anilines is 1. The topological polar surface area (TPSA) is 96.3 Å². The summed E-state index contributed by atoms with van der Waals surface area (Å²) in [5, 5.41) is 9.72. The van der Waals surface area contributed by atoms with Gasteiger partial charge in [0.1, 0.15) is 5.54 Å². The number of nitrogens with zero attached hydrogens (tertiary/aromatic N) is 3. The summed E-state index contributed by atoms with van der Waals surface area (Å²) in [6.07, 6.45) is 3.59. The molecule has 2 N–H and O–H groups in total. The van der Waals surface area contributed by atoms with Crippen molar-refractivity contribution in [3.05, 3.63) is 83.7 Å². The largest absolute Gasteiger partial charge is 0.325 e. The monoisotopic (exact) mass is 417 g/mol. The van der Waals surface area contributed by atoms with E-state index in [1.165, 1.54) is 4.90 Å². The lowest BCUT2D eigenvalue weighted by Crippen LogP contribution is -2.40. The van der Waals surface area contributed by atoms with Crippen LogP contribution in [0.4, 0.5) is 10.5 Å². The highest BCUT2D eigenvalue weighted by molar-refractivity contribution is 6.06. The van der Waals surface area contributed by atoms with E-state index in [9.17, 15) is 14.4 Å². The summed E-state index contributed by atoms with van der Waals surface area (Å²) in [4.78, 5) is 38.2. The van der Waals surface area contributed by atoms with Crippen molar-refractivity contribution >= 4 is 23.5 Å². The summed E-state index contributed by atoms with van der Waals surface area (Å²) in [7, 11) is 0. The van der Waals surface area contributed by atoms with Crippen LogP contribution in [0.15, 0.2) is 67.0 Å². The molecule has 31 heavy (non-hydrogen) atoms. The van der Waals surface area contributed by atoms with Gasteiger partial charge in [0.25, 0.3) is 11.8 Å². The number of aromatic nitrogens is 2. The van der Waals surface area contributed by atoms with Crippen LogP contribution in [-0.2, 0) is 17.9 Å². The van der Waals surface area contributed by atoms with E-state index in [1.807, 2.05) is 30.5 Å². The number of urea groups is 1. The van der Waals surface area contributed by atoms with Gasteiger partial charge in [0.2, 0.25) is 0 Å². The molecule has 4 rings (SSSR count). The zero-order valence-electron chi connectivity index (χ0n) is 17.3. The quantitative estimate of drug-likeness (QED) is 0.603. The van der Waals surface area contributed by atoms with Crippen molar-refractivity contribution in [1.82, 2.24) is 20.0 Å². The average Bonchev–Trinajstić information content (AvgIpc) is 3.31. The highest BCUT2D eigenvalue weighted by Gasteiger charge is 2.43. The Morgan fingerprint density at radius 3 is 2.45 bits per heavy atom. The molecule has 1 saturated heterocycles. The molecule has 2 heterocycles. The van der Waals surface area contributed by atoms with Gasteiger partial charge >= 0.3 is 6.03 Å². The normalized spacial score (nSPS) is 15.1. The first-order chi connectivity index (χ1) is 14.8. The fourth-order valence-corrected chi connectivity index (χ4v) is 3.43. The van der Waals surface area contributed by atoms with Crippen LogP contribution in [0.1, 0.15) is 35.3 Å². The second kappa shape index (κ2) is 8.06. The third-order valence-corrected chi connectivity index (χ3v) is 5.09. The number of carbonyl (C=O) groups is 3. The lowest BCUT2D eigenvalue weighted by molar-refractivity contribution is -0.130. The van der Waals surface area contributed by atoms with E-state index in [0.29, 0.717) is 17.8 Å². The number of hydrogen-bond donors (Lipinski definition) is 2. The maximum Gasteiger partial charge on any atom is 0.325 e. The van der Waals surface area contributed by atoms with Crippen molar-refractivity contribution < 1.29 is 14.4 Å². The smallest absolute Gasteiger partial charge is 0.324 e. The second-order valence-electron chi connectivity index (χ2n) is 8.00. The van der Waals surface area contributed by atoms with Crippen LogP contribution in [0.25, 0.3) is 0 Å². The van der Waals surface area contributed by atoms with Crippen molar-refractivity contribution in [2.75, 3.05) is 5.32 Å². The Morgan fingerprint density at radius 2 is 1.81 bits per heavy atom. The van der Waals surface area contributed by atoms with Gasteiger partial charge < -0.3 is 10.6 Å². The van der Waals surface area contributed by atoms with Gasteiger partial charge in [-0.15, -0.1) is 0 Å². The molecule has 8 nitrogen and oxygen atoms in total. The first kappa shape index (κ1) is 20.3. The number of hydrogen-bond acceptors (Lipinski definition) is 4. The summed E-state index contributed by atoms with van der Waals surface area (Å²) >= 11 is 0. The molecule has 158 valence electrons. The molecule has 0 saturated carbocycles.